The Bertz CT molecular complexity index is 413. The maximum Gasteiger partial charge on any atom is 0.0595 e. The Morgan fingerprint density at radius 2 is 1.83 bits per heavy atom. The van der Waals surface area contributed by atoms with Gasteiger partial charge in [-0.3, -0.25) is 4.90 Å². The Kier molecular flexibility index (Phi) is 3.37. The molecule has 1 aliphatic heterocycles. The van der Waals surface area contributed by atoms with Gasteiger partial charge in [-0.05, 0) is 30.4 Å². The maximum absolute atomic E-state index is 6.25. The molecular formula is C15H22N2O. The van der Waals surface area contributed by atoms with Gasteiger partial charge in [-0.25, -0.2) is 0 Å². The second-order valence-corrected chi connectivity index (χ2v) is 5.46. The molecule has 1 heterocycles. The van der Waals surface area contributed by atoms with Crippen molar-refractivity contribution in [1.82, 2.24) is 4.90 Å². The number of nitrogens with zero attached hydrogens (tertiary/aromatic N) is 1. The number of hydrogen-bond donors (Lipinski definition) is 1. The molecule has 1 aliphatic carbocycles. The summed E-state index contributed by atoms with van der Waals surface area (Å²) in [5, 5.41) is 0. The summed E-state index contributed by atoms with van der Waals surface area (Å²) >= 11 is 0. The van der Waals surface area contributed by atoms with Crippen LogP contribution >= 0.6 is 0 Å². The van der Waals surface area contributed by atoms with Gasteiger partial charge in [0.2, 0.25) is 0 Å². The van der Waals surface area contributed by atoms with Crippen molar-refractivity contribution >= 4 is 0 Å². The van der Waals surface area contributed by atoms with E-state index in [-0.39, 0.29) is 6.04 Å². The topological polar surface area (TPSA) is 38.5 Å². The summed E-state index contributed by atoms with van der Waals surface area (Å²) in [6.07, 6.45) is 3.80. The van der Waals surface area contributed by atoms with E-state index in [4.69, 9.17) is 10.5 Å². The summed E-state index contributed by atoms with van der Waals surface area (Å²) in [6, 6.07) is 9.39. The van der Waals surface area contributed by atoms with Crippen molar-refractivity contribution < 1.29 is 4.74 Å². The van der Waals surface area contributed by atoms with Crippen LogP contribution in [0, 0.1) is 0 Å². The number of rotatable bonds is 2. The quantitative estimate of drug-likeness (QED) is 0.869. The Balaban J connectivity index is 1.75. The van der Waals surface area contributed by atoms with Gasteiger partial charge >= 0.3 is 0 Å². The van der Waals surface area contributed by atoms with Crippen LogP contribution in [-0.4, -0.2) is 31.2 Å². The standard InChI is InChI=1S/C15H22N2O/c1-18-11-6-8-17(9-7-11)15-10-14(16)12-4-2-3-5-13(12)15/h2-5,11,14-15H,6-10,16H2,1H3. The number of piperidine rings is 1. The van der Waals surface area contributed by atoms with E-state index in [1.807, 2.05) is 7.11 Å². The highest BCUT2D eigenvalue weighted by molar-refractivity contribution is 5.37. The zero-order chi connectivity index (χ0) is 12.5. The minimum Gasteiger partial charge on any atom is -0.381 e. The average Bonchev–Trinajstić information content (AvgIpc) is 2.77. The fraction of sp³-hybridized carbons (Fsp3) is 0.600. The number of methoxy groups -OCH3 is 1. The third-order valence-electron chi connectivity index (χ3n) is 4.48. The minimum absolute atomic E-state index is 0.214. The summed E-state index contributed by atoms with van der Waals surface area (Å²) in [5.74, 6) is 0. The Labute approximate surface area is 109 Å². The summed E-state index contributed by atoms with van der Waals surface area (Å²) in [5.41, 5.74) is 9.03. The molecular weight excluding hydrogens is 224 g/mol. The van der Waals surface area contributed by atoms with Gasteiger partial charge in [0.15, 0.2) is 0 Å². The molecule has 0 aromatic heterocycles. The van der Waals surface area contributed by atoms with E-state index < -0.39 is 0 Å². The SMILES string of the molecule is COC1CCN(C2CC(N)c3ccccc32)CC1. The van der Waals surface area contributed by atoms with Crippen LogP contribution in [0.25, 0.3) is 0 Å². The van der Waals surface area contributed by atoms with Crippen molar-refractivity contribution in [2.24, 2.45) is 5.73 Å². The highest BCUT2D eigenvalue weighted by Crippen LogP contribution is 2.41. The summed E-state index contributed by atoms with van der Waals surface area (Å²) < 4.78 is 5.44. The Hall–Kier alpha value is -0.900. The first-order valence-electron chi connectivity index (χ1n) is 6.91. The monoisotopic (exact) mass is 246 g/mol. The van der Waals surface area contributed by atoms with Gasteiger partial charge in [-0.15, -0.1) is 0 Å². The lowest BCUT2D eigenvalue weighted by molar-refractivity contribution is 0.0264. The Morgan fingerprint density at radius 3 is 2.50 bits per heavy atom. The van der Waals surface area contributed by atoms with Gasteiger partial charge in [0.1, 0.15) is 0 Å². The average molecular weight is 246 g/mol. The highest BCUT2D eigenvalue weighted by Gasteiger charge is 2.34. The summed E-state index contributed by atoms with van der Waals surface area (Å²) in [6.45, 7) is 2.26. The van der Waals surface area contributed by atoms with E-state index in [9.17, 15) is 0 Å². The van der Waals surface area contributed by atoms with E-state index in [0.717, 1.165) is 32.4 Å². The van der Waals surface area contributed by atoms with Crippen LogP contribution in [0.1, 0.15) is 42.5 Å². The maximum atomic E-state index is 6.25. The van der Waals surface area contributed by atoms with Crippen molar-refractivity contribution in [3.05, 3.63) is 35.4 Å². The van der Waals surface area contributed by atoms with Crippen LogP contribution in [0.4, 0.5) is 0 Å². The van der Waals surface area contributed by atoms with Gasteiger partial charge in [0.05, 0.1) is 6.10 Å². The lowest BCUT2D eigenvalue weighted by atomic mass is 10.0. The van der Waals surface area contributed by atoms with Gasteiger partial charge in [0.25, 0.3) is 0 Å². The molecule has 1 aromatic carbocycles. The molecule has 2 unspecified atom stereocenters. The zero-order valence-electron chi connectivity index (χ0n) is 11.0. The second-order valence-electron chi connectivity index (χ2n) is 5.46. The molecule has 1 saturated heterocycles. The van der Waals surface area contributed by atoms with E-state index >= 15 is 0 Å². The van der Waals surface area contributed by atoms with Gasteiger partial charge in [0, 0.05) is 32.3 Å². The molecule has 2 atom stereocenters. The van der Waals surface area contributed by atoms with Crippen molar-refractivity contribution in [2.75, 3.05) is 20.2 Å². The number of ether oxygens (including phenoxy) is 1. The number of nitrogens with two attached hydrogens (primary N) is 1. The molecule has 0 radical (unpaired) electrons. The normalized spacial score (nSPS) is 29.4. The largest absolute Gasteiger partial charge is 0.381 e. The first kappa shape index (κ1) is 12.2. The highest BCUT2D eigenvalue weighted by atomic mass is 16.5. The molecule has 0 amide bonds. The first-order chi connectivity index (χ1) is 8.79. The van der Waals surface area contributed by atoms with Crippen LogP contribution in [0.3, 0.4) is 0 Å². The van der Waals surface area contributed by atoms with Crippen molar-refractivity contribution in [3.63, 3.8) is 0 Å². The molecule has 0 bridgehead atoms. The molecule has 1 fully saturated rings. The molecule has 3 rings (SSSR count). The third-order valence-corrected chi connectivity index (χ3v) is 4.48. The molecule has 0 saturated carbocycles. The molecule has 1 aromatic rings. The number of fused-ring (bicyclic) bond motifs is 1. The van der Waals surface area contributed by atoms with E-state index in [0.29, 0.717) is 12.1 Å². The van der Waals surface area contributed by atoms with Crippen molar-refractivity contribution in [3.8, 4) is 0 Å². The lowest BCUT2D eigenvalue weighted by Gasteiger charge is -2.35. The molecule has 2 aliphatic rings. The third kappa shape index (κ3) is 2.07. The fourth-order valence-electron chi connectivity index (χ4n) is 3.42. The first-order valence-corrected chi connectivity index (χ1v) is 6.91. The van der Waals surface area contributed by atoms with E-state index in [1.165, 1.54) is 11.1 Å². The van der Waals surface area contributed by atoms with E-state index in [1.54, 1.807) is 0 Å². The number of benzene rings is 1. The van der Waals surface area contributed by atoms with Gasteiger partial charge < -0.3 is 10.5 Å². The summed E-state index contributed by atoms with van der Waals surface area (Å²) in [4.78, 5) is 2.58. The molecule has 18 heavy (non-hydrogen) atoms. The number of likely N-dealkylation sites (tertiary alicyclic amines) is 1. The molecule has 3 nitrogen and oxygen atoms in total. The Morgan fingerprint density at radius 1 is 1.17 bits per heavy atom. The fourth-order valence-corrected chi connectivity index (χ4v) is 3.42. The minimum atomic E-state index is 0.214. The molecule has 98 valence electrons. The molecule has 2 N–H and O–H groups in total. The zero-order valence-corrected chi connectivity index (χ0v) is 11.0. The van der Waals surface area contributed by atoms with Crippen LogP contribution in [0.2, 0.25) is 0 Å². The van der Waals surface area contributed by atoms with Crippen molar-refractivity contribution in [2.45, 2.75) is 37.5 Å². The van der Waals surface area contributed by atoms with Crippen molar-refractivity contribution in [1.29, 1.82) is 0 Å². The molecule has 0 spiro atoms. The predicted octanol–water partition coefficient (Wildman–Crippen LogP) is 2.24. The summed E-state index contributed by atoms with van der Waals surface area (Å²) in [7, 11) is 1.82. The lowest BCUT2D eigenvalue weighted by Crippen LogP contribution is -2.38. The second kappa shape index (κ2) is 5.00. The number of hydrogen-bond acceptors (Lipinski definition) is 3. The predicted molar refractivity (Wildman–Crippen MR) is 72.3 cm³/mol. The van der Waals surface area contributed by atoms with E-state index in [2.05, 4.69) is 29.2 Å². The van der Waals surface area contributed by atoms with Crippen LogP contribution < -0.4 is 5.73 Å². The van der Waals surface area contributed by atoms with Gasteiger partial charge in [-0.2, -0.15) is 0 Å². The van der Waals surface area contributed by atoms with Crippen LogP contribution in [-0.2, 0) is 4.74 Å². The van der Waals surface area contributed by atoms with Gasteiger partial charge in [-0.1, -0.05) is 24.3 Å². The molecule has 3 heteroatoms. The van der Waals surface area contributed by atoms with Crippen LogP contribution in [0.5, 0.6) is 0 Å². The van der Waals surface area contributed by atoms with Crippen LogP contribution in [0.15, 0.2) is 24.3 Å². The smallest absolute Gasteiger partial charge is 0.0595 e.